The monoisotopic (exact) mass is 327 g/mol. The van der Waals surface area contributed by atoms with Crippen LogP contribution in [-0.2, 0) is 10.0 Å². The van der Waals surface area contributed by atoms with E-state index < -0.39 is 10.0 Å². The average Bonchev–Trinajstić information content (AvgIpc) is 2.93. The van der Waals surface area contributed by atoms with Gasteiger partial charge in [-0.3, -0.25) is 4.31 Å². The van der Waals surface area contributed by atoms with Gasteiger partial charge in [-0.15, -0.1) is 11.3 Å². The van der Waals surface area contributed by atoms with E-state index >= 15 is 0 Å². The predicted molar refractivity (Wildman–Crippen MR) is 84.2 cm³/mol. The molecular formula is C14H17NO4S2. The van der Waals surface area contributed by atoms with Crippen molar-refractivity contribution in [2.75, 3.05) is 25.6 Å². The van der Waals surface area contributed by atoms with Crippen LogP contribution in [0.2, 0.25) is 0 Å². The number of rotatable bonds is 5. The first-order valence-electron chi connectivity index (χ1n) is 6.17. The summed E-state index contributed by atoms with van der Waals surface area (Å²) in [6.45, 7) is 1.88. The van der Waals surface area contributed by atoms with Gasteiger partial charge >= 0.3 is 0 Å². The summed E-state index contributed by atoms with van der Waals surface area (Å²) < 4.78 is 37.0. The number of thiophene rings is 1. The summed E-state index contributed by atoms with van der Waals surface area (Å²) in [5, 5.41) is 0. The van der Waals surface area contributed by atoms with Crippen molar-refractivity contribution in [1.82, 2.24) is 0 Å². The number of methoxy groups -OCH3 is 2. The minimum Gasteiger partial charge on any atom is -0.493 e. The number of aryl methyl sites for hydroxylation is 1. The van der Waals surface area contributed by atoms with Gasteiger partial charge in [-0.05, 0) is 31.2 Å². The molecule has 0 unspecified atom stereocenters. The molecule has 5 nitrogen and oxygen atoms in total. The molecule has 114 valence electrons. The lowest BCUT2D eigenvalue weighted by atomic mass is 10.3. The fourth-order valence-corrected chi connectivity index (χ4v) is 4.49. The molecule has 0 spiro atoms. The number of nitrogens with zero attached hydrogens (tertiary/aromatic N) is 1. The van der Waals surface area contributed by atoms with Crippen LogP contribution < -0.4 is 13.8 Å². The molecule has 1 aromatic carbocycles. The summed E-state index contributed by atoms with van der Waals surface area (Å²) >= 11 is 1.25. The summed E-state index contributed by atoms with van der Waals surface area (Å²) in [5.74, 6) is 1.04. The number of hydrogen-bond acceptors (Lipinski definition) is 5. The van der Waals surface area contributed by atoms with Crippen LogP contribution in [0.25, 0.3) is 0 Å². The Labute approximate surface area is 128 Å². The van der Waals surface area contributed by atoms with Gasteiger partial charge in [0.25, 0.3) is 10.0 Å². The Morgan fingerprint density at radius 1 is 1.05 bits per heavy atom. The third-order valence-electron chi connectivity index (χ3n) is 3.06. The fraction of sp³-hybridized carbons (Fsp3) is 0.286. The molecule has 1 heterocycles. The molecule has 0 aliphatic heterocycles. The quantitative estimate of drug-likeness (QED) is 0.847. The van der Waals surface area contributed by atoms with Crippen molar-refractivity contribution in [3.05, 3.63) is 35.2 Å². The topological polar surface area (TPSA) is 55.8 Å². The van der Waals surface area contributed by atoms with Crippen LogP contribution in [0.4, 0.5) is 5.69 Å². The van der Waals surface area contributed by atoms with Crippen LogP contribution in [-0.4, -0.2) is 29.7 Å². The highest BCUT2D eigenvalue weighted by Gasteiger charge is 2.23. The molecular weight excluding hydrogens is 310 g/mol. The summed E-state index contributed by atoms with van der Waals surface area (Å²) in [6, 6.07) is 8.41. The maximum Gasteiger partial charge on any atom is 0.273 e. The van der Waals surface area contributed by atoms with Crippen molar-refractivity contribution in [3.63, 3.8) is 0 Å². The van der Waals surface area contributed by atoms with Gasteiger partial charge in [-0.25, -0.2) is 8.42 Å². The molecule has 1 aromatic heterocycles. The predicted octanol–water partition coefficient (Wildman–Crippen LogP) is 2.90. The molecule has 0 radical (unpaired) electrons. The van der Waals surface area contributed by atoms with Gasteiger partial charge in [0.2, 0.25) is 0 Å². The lowest BCUT2D eigenvalue weighted by molar-refractivity contribution is 0.355. The van der Waals surface area contributed by atoms with E-state index in [1.165, 1.54) is 36.9 Å². The smallest absolute Gasteiger partial charge is 0.273 e. The molecule has 2 rings (SSSR count). The second-order valence-electron chi connectivity index (χ2n) is 4.38. The van der Waals surface area contributed by atoms with Gasteiger partial charge in [-0.2, -0.15) is 0 Å². The second kappa shape index (κ2) is 5.95. The molecule has 0 aliphatic rings. The zero-order chi connectivity index (χ0) is 15.6. The number of hydrogen-bond donors (Lipinski definition) is 0. The molecule has 2 aromatic rings. The first kappa shape index (κ1) is 15.7. The first-order valence-corrected chi connectivity index (χ1v) is 8.43. The molecule has 0 bridgehead atoms. The molecule has 0 fully saturated rings. The number of sulfonamides is 1. The number of benzene rings is 1. The highest BCUT2D eigenvalue weighted by Crippen LogP contribution is 2.34. The summed E-state index contributed by atoms with van der Waals surface area (Å²) in [7, 11) is 1.01. The maximum absolute atomic E-state index is 12.6. The Bertz CT molecular complexity index is 737. The highest BCUT2D eigenvalue weighted by molar-refractivity contribution is 7.94. The molecule has 0 saturated heterocycles. The maximum atomic E-state index is 12.6. The Hall–Kier alpha value is -1.73. The number of ether oxygens (including phenoxy) is 2. The largest absolute Gasteiger partial charge is 0.493 e. The molecule has 0 saturated carbocycles. The third kappa shape index (κ3) is 2.98. The van der Waals surface area contributed by atoms with Crippen LogP contribution >= 0.6 is 11.3 Å². The summed E-state index contributed by atoms with van der Waals surface area (Å²) in [6.07, 6.45) is 0. The van der Waals surface area contributed by atoms with Crippen LogP contribution in [0.5, 0.6) is 11.5 Å². The van der Waals surface area contributed by atoms with E-state index in [1.54, 1.807) is 30.3 Å². The van der Waals surface area contributed by atoms with Crippen molar-refractivity contribution in [2.24, 2.45) is 0 Å². The van der Waals surface area contributed by atoms with Gasteiger partial charge in [0.05, 0.1) is 19.9 Å². The molecule has 0 N–H and O–H groups in total. The van der Waals surface area contributed by atoms with Crippen molar-refractivity contribution in [2.45, 2.75) is 11.1 Å². The van der Waals surface area contributed by atoms with Crippen molar-refractivity contribution in [1.29, 1.82) is 0 Å². The van der Waals surface area contributed by atoms with Crippen LogP contribution in [0.15, 0.2) is 34.5 Å². The van der Waals surface area contributed by atoms with Crippen molar-refractivity contribution in [3.8, 4) is 11.5 Å². The lowest BCUT2D eigenvalue weighted by Gasteiger charge is -2.19. The highest BCUT2D eigenvalue weighted by atomic mass is 32.2. The van der Waals surface area contributed by atoms with E-state index in [0.29, 0.717) is 21.4 Å². The minimum absolute atomic E-state index is 0.317. The van der Waals surface area contributed by atoms with Gasteiger partial charge in [-0.1, -0.05) is 0 Å². The zero-order valence-corrected chi connectivity index (χ0v) is 13.9. The normalized spacial score (nSPS) is 11.2. The zero-order valence-electron chi connectivity index (χ0n) is 12.3. The molecule has 0 aliphatic carbocycles. The van der Waals surface area contributed by atoms with E-state index in [9.17, 15) is 8.42 Å². The fourth-order valence-electron chi connectivity index (χ4n) is 1.85. The molecule has 7 heteroatoms. The molecule has 21 heavy (non-hydrogen) atoms. The Kier molecular flexibility index (Phi) is 4.43. The molecule has 0 amide bonds. The van der Waals surface area contributed by atoms with Gasteiger partial charge in [0.1, 0.15) is 4.21 Å². The average molecular weight is 327 g/mol. The summed E-state index contributed by atoms with van der Waals surface area (Å²) in [5.41, 5.74) is 0.513. The van der Waals surface area contributed by atoms with Crippen molar-refractivity contribution >= 4 is 27.0 Å². The van der Waals surface area contributed by atoms with E-state index in [0.717, 1.165) is 4.88 Å². The summed E-state index contributed by atoms with van der Waals surface area (Å²) in [4.78, 5) is 0.953. The Balaban J connectivity index is 2.42. The Morgan fingerprint density at radius 3 is 2.24 bits per heavy atom. The van der Waals surface area contributed by atoms with Gasteiger partial charge in [0, 0.05) is 18.0 Å². The van der Waals surface area contributed by atoms with Gasteiger partial charge < -0.3 is 9.47 Å². The molecule has 0 atom stereocenters. The third-order valence-corrected chi connectivity index (χ3v) is 6.31. The second-order valence-corrected chi connectivity index (χ2v) is 7.86. The van der Waals surface area contributed by atoms with E-state index in [-0.39, 0.29) is 0 Å². The van der Waals surface area contributed by atoms with Gasteiger partial charge in [0.15, 0.2) is 11.5 Å². The van der Waals surface area contributed by atoms with E-state index in [1.807, 2.05) is 6.92 Å². The van der Waals surface area contributed by atoms with E-state index in [4.69, 9.17) is 9.47 Å². The van der Waals surface area contributed by atoms with Crippen molar-refractivity contribution < 1.29 is 17.9 Å². The standard InChI is InChI=1S/C14H17NO4S2/c1-10-5-8-14(20-10)21(16,17)15(2)11-6-7-12(18-3)13(9-11)19-4/h5-9H,1-4H3. The Morgan fingerprint density at radius 2 is 1.71 bits per heavy atom. The lowest BCUT2D eigenvalue weighted by Crippen LogP contribution is -2.25. The van der Waals surface area contributed by atoms with Crippen LogP contribution in [0.3, 0.4) is 0 Å². The van der Waals surface area contributed by atoms with Crippen LogP contribution in [0.1, 0.15) is 4.88 Å². The minimum atomic E-state index is -3.56. The first-order chi connectivity index (χ1) is 9.90. The van der Waals surface area contributed by atoms with Crippen LogP contribution in [0, 0.1) is 6.92 Å². The number of anilines is 1. The SMILES string of the molecule is COc1ccc(N(C)S(=O)(=O)c2ccc(C)s2)cc1OC. The van der Waals surface area contributed by atoms with E-state index in [2.05, 4.69) is 0 Å².